The summed E-state index contributed by atoms with van der Waals surface area (Å²) in [4.78, 5) is 41.3. The molecule has 0 aromatic heterocycles. The Labute approximate surface area is 124 Å². The first kappa shape index (κ1) is 17.2. The van der Waals surface area contributed by atoms with Crippen LogP contribution in [0, 0.1) is 0 Å². The molecule has 0 spiro atoms. The van der Waals surface area contributed by atoms with E-state index in [-0.39, 0.29) is 18.4 Å². The van der Waals surface area contributed by atoms with Crippen molar-refractivity contribution in [3.05, 3.63) is 0 Å². The van der Waals surface area contributed by atoms with Gasteiger partial charge in [0.15, 0.2) is 0 Å². The Morgan fingerprint density at radius 1 is 1.29 bits per heavy atom. The van der Waals surface area contributed by atoms with E-state index in [2.05, 4.69) is 15.6 Å². The summed E-state index contributed by atoms with van der Waals surface area (Å²) < 4.78 is 5.04. The van der Waals surface area contributed by atoms with Gasteiger partial charge < -0.3 is 15.0 Å². The van der Waals surface area contributed by atoms with E-state index in [1.165, 1.54) is 12.0 Å². The van der Waals surface area contributed by atoms with Crippen molar-refractivity contribution in [2.24, 2.45) is 0 Å². The first-order chi connectivity index (χ1) is 9.74. The van der Waals surface area contributed by atoms with Crippen molar-refractivity contribution in [2.75, 3.05) is 20.2 Å². The number of nitrogens with one attached hydrogen (secondary N) is 2. The molecular formula is C13H23N3O5. The Balaban J connectivity index is 2.47. The van der Waals surface area contributed by atoms with E-state index in [0.29, 0.717) is 13.0 Å². The molecule has 120 valence electrons. The lowest BCUT2D eigenvalue weighted by Crippen LogP contribution is -2.49. The molecule has 1 heterocycles. The zero-order valence-corrected chi connectivity index (χ0v) is 12.9. The van der Waals surface area contributed by atoms with Crippen LogP contribution in [-0.4, -0.2) is 54.6 Å². The molecule has 0 unspecified atom stereocenters. The molecule has 1 rings (SSSR count). The molecule has 0 bridgehead atoms. The Bertz CT molecular complexity index is 405. The van der Waals surface area contributed by atoms with Crippen LogP contribution in [0.2, 0.25) is 0 Å². The molecule has 1 fully saturated rings. The van der Waals surface area contributed by atoms with Gasteiger partial charge >= 0.3 is 6.09 Å². The fourth-order valence-corrected chi connectivity index (χ4v) is 2.07. The van der Waals surface area contributed by atoms with Crippen LogP contribution in [0.4, 0.5) is 4.79 Å². The van der Waals surface area contributed by atoms with Gasteiger partial charge in [-0.15, -0.1) is 0 Å². The minimum Gasteiger partial charge on any atom is -0.444 e. The maximum absolute atomic E-state index is 12.1. The topological polar surface area (TPSA) is 97.0 Å². The number of carbonyl (C=O) groups excluding carboxylic acids is 3. The van der Waals surface area contributed by atoms with E-state index < -0.39 is 17.7 Å². The standard InChI is InChI=1S/C13H23N3O5/c1-13(2,3)21-12(19)14-8-10(17)16-7-5-6-9(16)11(18)15-20-4/h9H,5-8H2,1-4H3,(H,14,19)(H,15,18)/t9-/m0/s1. The Hall–Kier alpha value is -1.83. The summed E-state index contributed by atoms with van der Waals surface area (Å²) in [6, 6.07) is -0.558. The number of nitrogens with zero attached hydrogens (tertiary/aromatic N) is 1. The quantitative estimate of drug-likeness (QED) is 0.722. The highest BCUT2D eigenvalue weighted by molar-refractivity contribution is 5.89. The van der Waals surface area contributed by atoms with Gasteiger partial charge in [-0.1, -0.05) is 0 Å². The van der Waals surface area contributed by atoms with Gasteiger partial charge in [-0.3, -0.25) is 14.4 Å². The summed E-state index contributed by atoms with van der Waals surface area (Å²) in [5.41, 5.74) is 1.60. The molecule has 8 heteroatoms. The summed E-state index contributed by atoms with van der Waals surface area (Å²) in [5, 5.41) is 2.39. The lowest BCUT2D eigenvalue weighted by Gasteiger charge is -2.24. The van der Waals surface area contributed by atoms with E-state index in [1.54, 1.807) is 20.8 Å². The molecule has 3 amide bonds. The van der Waals surface area contributed by atoms with E-state index in [4.69, 9.17) is 4.74 Å². The van der Waals surface area contributed by atoms with Crippen molar-refractivity contribution in [1.29, 1.82) is 0 Å². The van der Waals surface area contributed by atoms with E-state index in [9.17, 15) is 14.4 Å². The SMILES string of the molecule is CONC(=O)[C@@H]1CCCN1C(=O)CNC(=O)OC(C)(C)C. The second-order valence-electron chi connectivity index (χ2n) is 5.77. The summed E-state index contributed by atoms with van der Waals surface area (Å²) in [5.74, 6) is -0.685. The van der Waals surface area contributed by atoms with Crippen molar-refractivity contribution in [3.8, 4) is 0 Å². The Morgan fingerprint density at radius 2 is 1.95 bits per heavy atom. The average Bonchev–Trinajstić information content (AvgIpc) is 2.83. The maximum Gasteiger partial charge on any atom is 0.408 e. The van der Waals surface area contributed by atoms with Gasteiger partial charge in [-0.2, -0.15) is 0 Å². The van der Waals surface area contributed by atoms with Crippen LogP contribution in [0.15, 0.2) is 0 Å². The molecule has 0 aromatic rings. The van der Waals surface area contributed by atoms with Crippen LogP contribution in [0.3, 0.4) is 0 Å². The lowest BCUT2D eigenvalue weighted by molar-refractivity contribution is -0.143. The summed E-state index contributed by atoms with van der Waals surface area (Å²) in [7, 11) is 1.34. The zero-order chi connectivity index (χ0) is 16.0. The first-order valence-corrected chi connectivity index (χ1v) is 6.84. The van der Waals surface area contributed by atoms with E-state index in [0.717, 1.165) is 6.42 Å². The third kappa shape index (κ3) is 5.58. The molecule has 0 aliphatic carbocycles. The number of amides is 3. The predicted molar refractivity (Wildman–Crippen MR) is 74.1 cm³/mol. The van der Waals surface area contributed by atoms with Crippen molar-refractivity contribution >= 4 is 17.9 Å². The molecule has 1 atom stereocenters. The van der Waals surface area contributed by atoms with Gasteiger partial charge in [-0.25, -0.2) is 10.3 Å². The predicted octanol–water partition coefficient (Wildman–Crippen LogP) is 0.180. The second-order valence-corrected chi connectivity index (χ2v) is 5.77. The van der Waals surface area contributed by atoms with Crippen LogP contribution in [0.1, 0.15) is 33.6 Å². The smallest absolute Gasteiger partial charge is 0.408 e. The fourth-order valence-electron chi connectivity index (χ4n) is 2.07. The molecule has 8 nitrogen and oxygen atoms in total. The average molecular weight is 301 g/mol. The molecule has 0 saturated carbocycles. The lowest BCUT2D eigenvalue weighted by atomic mass is 10.2. The molecule has 2 N–H and O–H groups in total. The summed E-state index contributed by atoms with van der Waals surface area (Å²) >= 11 is 0. The first-order valence-electron chi connectivity index (χ1n) is 6.84. The van der Waals surface area contributed by atoms with Gasteiger partial charge in [-0.05, 0) is 33.6 Å². The third-order valence-electron chi connectivity index (χ3n) is 2.86. The maximum atomic E-state index is 12.1. The molecule has 1 aliphatic heterocycles. The van der Waals surface area contributed by atoms with Gasteiger partial charge in [0.1, 0.15) is 18.2 Å². The molecule has 21 heavy (non-hydrogen) atoms. The van der Waals surface area contributed by atoms with Crippen LogP contribution in [0.5, 0.6) is 0 Å². The highest BCUT2D eigenvalue weighted by Gasteiger charge is 2.34. The molecule has 1 aliphatic rings. The number of hydrogen-bond donors (Lipinski definition) is 2. The number of likely N-dealkylation sites (tertiary alicyclic amines) is 1. The molecule has 1 saturated heterocycles. The van der Waals surface area contributed by atoms with Crippen LogP contribution >= 0.6 is 0 Å². The second kappa shape index (κ2) is 7.26. The van der Waals surface area contributed by atoms with Gasteiger partial charge in [0, 0.05) is 6.54 Å². The summed E-state index contributed by atoms with van der Waals surface area (Å²) in [6.45, 7) is 5.49. The third-order valence-corrected chi connectivity index (χ3v) is 2.86. The van der Waals surface area contributed by atoms with E-state index >= 15 is 0 Å². The molecular weight excluding hydrogens is 278 g/mol. The number of ether oxygens (including phenoxy) is 1. The largest absolute Gasteiger partial charge is 0.444 e. The van der Waals surface area contributed by atoms with Gasteiger partial charge in [0.05, 0.1) is 7.11 Å². The number of rotatable bonds is 4. The van der Waals surface area contributed by atoms with Crippen LogP contribution < -0.4 is 10.8 Å². The van der Waals surface area contributed by atoms with Crippen molar-refractivity contribution in [2.45, 2.75) is 45.3 Å². The normalized spacial score (nSPS) is 18.3. The molecule has 0 aromatic carbocycles. The summed E-state index contributed by atoms with van der Waals surface area (Å²) in [6.07, 6.45) is 0.654. The number of alkyl carbamates (subject to hydrolysis) is 1. The highest BCUT2D eigenvalue weighted by atomic mass is 16.6. The van der Waals surface area contributed by atoms with Crippen molar-refractivity contribution in [3.63, 3.8) is 0 Å². The highest BCUT2D eigenvalue weighted by Crippen LogP contribution is 2.17. The minimum atomic E-state index is -0.659. The zero-order valence-electron chi connectivity index (χ0n) is 12.9. The number of carbonyl (C=O) groups is 3. The Morgan fingerprint density at radius 3 is 2.52 bits per heavy atom. The van der Waals surface area contributed by atoms with E-state index in [1.807, 2.05) is 0 Å². The van der Waals surface area contributed by atoms with Gasteiger partial charge in [0.2, 0.25) is 5.91 Å². The van der Waals surface area contributed by atoms with Crippen LogP contribution in [0.25, 0.3) is 0 Å². The number of hydroxylamine groups is 1. The van der Waals surface area contributed by atoms with Crippen LogP contribution in [-0.2, 0) is 19.2 Å². The van der Waals surface area contributed by atoms with Crippen molar-refractivity contribution in [1.82, 2.24) is 15.7 Å². The minimum absolute atomic E-state index is 0.203. The number of hydrogen-bond acceptors (Lipinski definition) is 5. The monoisotopic (exact) mass is 301 g/mol. The van der Waals surface area contributed by atoms with Gasteiger partial charge in [0.25, 0.3) is 5.91 Å². The Kier molecular flexibility index (Phi) is 5.95. The molecule has 0 radical (unpaired) electrons. The van der Waals surface area contributed by atoms with Crippen molar-refractivity contribution < 1.29 is 24.0 Å². The fraction of sp³-hybridized carbons (Fsp3) is 0.769.